The molecule has 1 rings (SSSR count). The first-order valence-corrected chi connectivity index (χ1v) is 3.57. The Kier molecular flexibility index (Phi) is 2.53. The Morgan fingerprint density at radius 2 is 2.18 bits per heavy atom. The summed E-state index contributed by atoms with van der Waals surface area (Å²) in [6.07, 6.45) is 0. The first kappa shape index (κ1) is 8.13. The molecule has 0 aliphatic rings. The molecule has 0 amide bonds. The zero-order valence-corrected chi connectivity index (χ0v) is 7.15. The maximum atomic E-state index is 3.82. The van der Waals surface area contributed by atoms with Gasteiger partial charge in [-0.15, -0.1) is 5.10 Å². The minimum atomic E-state index is 0.853. The minimum Gasteiger partial charge on any atom is -0.308 e. The number of likely N-dealkylation sites (N-methyl/N-ethyl adjacent to an activating group) is 1. The number of nitrogens with zero attached hydrogens (tertiary/aromatic N) is 5. The molecule has 0 N–H and O–H groups in total. The Labute approximate surface area is 66.0 Å². The number of hydrogen-bond donors (Lipinski definition) is 0. The predicted molar refractivity (Wildman–Crippen MR) is 41.1 cm³/mol. The van der Waals surface area contributed by atoms with Crippen molar-refractivity contribution in [3.05, 3.63) is 5.82 Å². The smallest absolute Gasteiger partial charge is 0.148 e. The Morgan fingerprint density at radius 1 is 1.45 bits per heavy atom. The quantitative estimate of drug-likeness (QED) is 0.592. The zero-order chi connectivity index (χ0) is 8.27. The lowest BCUT2D eigenvalue weighted by molar-refractivity contribution is 0.368. The molecule has 0 radical (unpaired) electrons. The van der Waals surface area contributed by atoms with Crippen molar-refractivity contribution in [3.8, 4) is 0 Å². The van der Waals surface area contributed by atoms with Gasteiger partial charge in [-0.1, -0.05) is 0 Å². The van der Waals surface area contributed by atoms with E-state index < -0.39 is 0 Å². The third-order valence-corrected chi connectivity index (χ3v) is 1.47. The molecule has 0 unspecified atom stereocenters. The number of rotatable bonds is 3. The molecular formula is C6H13N5. The highest BCUT2D eigenvalue weighted by atomic mass is 15.5. The average molecular weight is 155 g/mol. The third kappa shape index (κ3) is 2.27. The monoisotopic (exact) mass is 155 g/mol. The van der Waals surface area contributed by atoms with Gasteiger partial charge in [0.1, 0.15) is 5.82 Å². The van der Waals surface area contributed by atoms with E-state index in [1.807, 2.05) is 21.0 Å². The van der Waals surface area contributed by atoms with E-state index in [1.165, 1.54) is 0 Å². The second-order valence-corrected chi connectivity index (χ2v) is 2.75. The highest BCUT2D eigenvalue weighted by Crippen LogP contribution is 1.88. The van der Waals surface area contributed by atoms with Gasteiger partial charge in [-0.25, -0.2) is 4.68 Å². The van der Waals surface area contributed by atoms with Crippen molar-refractivity contribution in [1.82, 2.24) is 25.1 Å². The van der Waals surface area contributed by atoms with Crippen LogP contribution in [0.3, 0.4) is 0 Å². The van der Waals surface area contributed by atoms with Crippen LogP contribution in [0, 0.1) is 6.92 Å². The van der Waals surface area contributed by atoms with E-state index in [1.54, 1.807) is 4.68 Å². The van der Waals surface area contributed by atoms with Crippen LogP contribution in [0.4, 0.5) is 0 Å². The highest BCUT2D eigenvalue weighted by Gasteiger charge is 1.98. The Balaban J connectivity index is 2.44. The van der Waals surface area contributed by atoms with Gasteiger partial charge in [0, 0.05) is 6.54 Å². The summed E-state index contributed by atoms with van der Waals surface area (Å²) < 4.78 is 1.79. The largest absolute Gasteiger partial charge is 0.308 e. The summed E-state index contributed by atoms with van der Waals surface area (Å²) in [7, 11) is 4.05. The molecule has 0 saturated heterocycles. The van der Waals surface area contributed by atoms with E-state index in [0.29, 0.717) is 0 Å². The summed E-state index contributed by atoms with van der Waals surface area (Å²) in [6, 6.07) is 0. The molecular weight excluding hydrogens is 142 g/mol. The van der Waals surface area contributed by atoms with Crippen molar-refractivity contribution in [1.29, 1.82) is 0 Å². The fourth-order valence-corrected chi connectivity index (χ4v) is 0.751. The number of aryl methyl sites for hydroxylation is 1. The molecule has 0 saturated carbocycles. The molecule has 11 heavy (non-hydrogen) atoms. The molecule has 5 heteroatoms. The molecule has 0 spiro atoms. The fourth-order valence-electron chi connectivity index (χ4n) is 0.751. The molecule has 0 aliphatic carbocycles. The van der Waals surface area contributed by atoms with Gasteiger partial charge in [0.05, 0.1) is 6.54 Å². The van der Waals surface area contributed by atoms with Crippen molar-refractivity contribution < 1.29 is 0 Å². The summed E-state index contributed by atoms with van der Waals surface area (Å²) >= 11 is 0. The van der Waals surface area contributed by atoms with E-state index in [2.05, 4.69) is 20.4 Å². The molecule has 1 aromatic rings. The standard InChI is InChI=1S/C6H13N5/c1-6-7-8-9-11(6)5-4-10(2)3/h4-5H2,1-3H3. The normalized spacial score (nSPS) is 10.9. The molecule has 0 aliphatic heterocycles. The fraction of sp³-hybridized carbons (Fsp3) is 0.833. The van der Waals surface area contributed by atoms with E-state index in [9.17, 15) is 0 Å². The van der Waals surface area contributed by atoms with E-state index in [4.69, 9.17) is 0 Å². The van der Waals surface area contributed by atoms with Crippen LogP contribution in [-0.4, -0.2) is 45.7 Å². The van der Waals surface area contributed by atoms with Crippen molar-refractivity contribution >= 4 is 0 Å². The maximum Gasteiger partial charge on any atom is 0.148 e. The third-order valence-electron chi connectivity index (χ3n) is 1.47. The Hall–Kier alpha value is -0.970. The topological polar surface area (TPSA) is 46.8 Å². The van der Waals surface area contributed by atoms with Crippen LogP contribution in [0.1, 0.15) is 5.82 Å². The molecule has 0 bridgehead atoms. The lowest BCUT2D eigenvalue weighted by atomic mass is 10.5. The van der Waals surface area contributed by atoms with Crippen LogP contribution in [0.25, 0.3) is 0 Å². The van der Waals surface area contributed by atoms with Crippen LogP contribution in [0.2, 0.25) is 0 Å². The lowest BCUT2D eigenvalue weighted by Crippen LogP contribution is -2.19. The van der Waals surface area contributed by atoms with Gasteiger partial charge in [0.15, 0.2) is 0 Å². The molecule has 0 aromatic carbocycles. The van der Waals surface area contributed by atoms with Gasteiger partial charge in [-0.05, 0) is 31.4 Å². The van der Waals surface area contributed by atoms with Gasteiger partial charge >= 0.3 is 0 Å². The van der Waals surface area contributed by atoms with Crippen LogP contribution >= 0.6 is 0 Å². The summed E-state index contributed by atoms with van der Waals surface area (Å²) in [6.45, 7) is 3.72. The Morgan fingerprint density at radius 3 is 2.64 bits per heavy atom. The summed E-state index contributed by atoms with van der Waals surface area (Å²) in [5, 5.41) is 11.1. The Bertz CT molecular complexity index is 217. The van der Waals surface area contributed by atoms with Crippen molar-refractivity contribution in [2.75, 3.05) is 20.6 Å². The van der Waals surface area contributed by atoms with Crippen LogP contribution < -0.4 is 0 Å². The maximum absolute atomic E-state index is 3.82. The van der Waals surface area contributed by atoms with Gasteiger partial charge in [-0.3, -0.25) is 0 Å². The molecule has 62 valence electrons. The van der Waals surface area contributed by atoms with E-state index in [0.717, 1.165) is 18.9 Å². The average Bonchev–Trinajstić information content (AvgIpc) is 2.31. The van der Waals surface area contributed by atoms with Gasteiger partial charge in [0.25, 0.3) is 0 Å². The van der Waals surface area contributed by atoms with Gasteiger partial charge < -0.3 is 4.90 Å². The molecule has 1 aromatic heterocycles. The molecule has 0 fully saturated rings. The van der Waals surface area contributed by atoms with E-state index in [-0.39, 0.29) is 0 Å². The highest BCUT2D eigenvalue weighted by molar-refractivity contribution is 4.72. The second kappa shape index (κ2) is 3.43. The molecule has 5 nitrogen and oxygen atoms in total. The summed E-state index contributed by atoms with van der Waals surface area (Å²) in [5.41, 5.74) is 0. The second-order valence-electron chi connectivity index (χ2n) is 2.75. The summed E-state index contributed by atoms with van der Waals surface area (Å²) in [5.74, 6) is 0.867. The first-order chi connectivity index (χ1) is 5.20. The van der Waals surface area contributed by atoms with Gasteiger partial charge in [0.2, 0.25) is 0 Å². The lowest BCUT2D eigenvalue weighted by Gasteiger charge is -2.08. The number of aromatic nitrogens is 4. The van der Waals surface area contributed by atoms with Crippen molar-refractivity contribution in [3.63, 3.8) is 0 Å². The first-order valence-electron chi connectivity index (χ1n) is 3.57. The summed E-state index contributed by atoms with van der Waals surface area (Å²) in [4.78, 5) is 2.10. The zero-order valence-electron chi connectivity index (χ0n) is 7.15. The van der Waals surface area contributed by atoms with Gasteiger partial charge in [-0.2, -0.15) is 0 Å². The van der Waals surface area contributed by atoms with Crippen LogP contribution in [-0.2, 0) is 6.54 Å². The van der Waals surface area contributed by atoms with Crippen LogP contribution in [0.15, 0.2) is 0 Å². The number of hydrogen-bond acceptors (Lipinski definition) is 4. The molecule has 0 atom stereocenters. The number of tetrazole rings is 1. The predicted octanol–water partition coefficient (Wildman–Crippen LogP) is -0.457. The van der Waals surface area contributed by atoms with Crippen LogP contribution in [0.5, 0.6) is 0 Å². The van der Waals surface area contributed by atoms with Crippen molar-refractivity contribution in [2.24, 2.45) is 0 Å². The SMILES string of the molecule is Cc1nnnn1CCN(C)C. The molecule has 1 heterocycles. The minimum absolute atomic E-state index is 0.853. The van der Waals surface area contributed by atoms with Crippen molar-refractivity contribution in [2.45, 2.75) is 13.5 Å². The van der Waals surface area contributed by atoms with E-state index >= 15 is 0 Å².